The lowest BCUT2D eigenvalue weighted by atomic mass is 9.97. The number of aromatic nitrogens is 1. The molecule has 0 saturated carbocycles. The molecule has 1 aliphatic heterocycles. The Hall–Kier alpha value is -0.820. The van der Waals surface area contributed by atoms with Gasteiger partial charge in [0.1, 0.15) is 5.82 Å². The van der Waals surface area contributed by atoms with Crippen LogP contribution in [0.15, 0.2) is 16.7 Å². The van der Waals surface area contributed by atoms with Gasteiger partial charge in [0.2, 0.25) is 0 Å². The molecule has 0 amide bonds. The lowest BCUT2D eigenvalue weighted by Crippen LogP contribution is -2.40. The van der Waals surface area contributed by atoms with Gasteiger partial charge in [-0.3, -0.25) is 0 Å². The topological polar surface area (TPSA) is 28.2 Å². The van der Waals surface area contributed by atoms with Crippen LogP contribution in [0.5, 0.6) is 0 Å². The summed E-state index contributed by atoms with van der Waals surface area (Å²) in [5.41, 5.74) is -0.669. The molecule has 0 aliphatic carbocycles. The van der Waals surface area contributed by atoms with Crippen LogP contribution in [-0.4, -0.2) is 31.7 Å². The van der Waals surface area contributed by atoms with E-state index in [2.05, 4.69) is 26.2 Å². The smallest absolute Gasteiger partial charge is 0.356 e. The molecule has 1 aromatic rings. The van der Waals surface area contributed by atoms with Crippen LogP contribution >= 0.6 is 15.9 Å². The van der Waals surface area contributed by atoms with E-state index in [0.29, 0.717) is 23.5 Å². The molecular formula is C13H17BrF3N3. The minimum absolute atomic E-state index is 0.0431. The number of nitrogens with zero attached hydrogens (tertiary/aromatic N) is 2. The molecule has 0 radical (unpaired) electrons. The maximum Gasteiger partial charge on any atom is 0.419 e. The quantitative estimate of drug-likeness (QED) is 0.905. The molecule has 112 valence electrons. The number of pyridine rings is 1. The van der Waals surface area contributed by atoms with Crippen molar-refractivity contribution in [1.29, 1.82) is 0 Å². The molecule has 20 heavy (non-hydrogen) atoms. The van der Waals surface area contributed by atoms with Crippen LogP contribution in [0.25, 0.3) is 0 Å². The van der Waals surface area contributed by atoms with E-state index in [9.17, 15) is 13.2 Å². The van der Waals surface area contributed by atoms with Crippen LogP contribution in [0.4, 0.5) is 19.0 Å². The molecule has 1 saturated heterocycles. The lowest BCUT2D eigenvalue weighted by molar-refractivity contribution is -0.137. The number of anilines is 1. The van der Waals surface area contributed by atoms with Crippen LogP contribution < -0.4 is 10.2 Å². The van der Waals surface area contributed by atoms with Gasteiger partial charge in [-0.15, -0.1) is 0 Å². The Kier molecular flexibility index (Phi) is 4.90. The van der Waals surface area contributed by atoms with Gasteiger partial charge in [0, 0.05) is 23.8 Å². The van der Waals surface area contributed by atoms with Gasteiger partial charge >= 0.3 is 6.18 Å². The van der Waals surface area contributed by atoms with Crippen LogP contribution in [0.3, 0.4) is 0 Å². The van der Waals surface area contributed by atoms with E-state index >= 15 is 0 Å². The number of rotatable bonds is 3. The zero-order chi connectivity index (χ0) is 14.8. The van der Waals surface area contributed by atoms with Crippen LogP contribution in [-0.2, 0) is 6.18 Å². The molecule has 0 aromatic carbocycles. The highest BCUT2D eigenvalue weighted by molar-refractivity contribution is 9.10. The van der Waals surface area contributed by atoms with Gasteiger partial charge in [-0.05, 0) is 54.3 Å². The monoisotopic (exact) mass is 351 g/mol. The molecule has 1 N–H and O–H groups in total. The van der Waals surface area contributed by atoms with Gasteiger partial charge in [-0.25, -0.2) is 4.98 Å². The maximum absolute atomic E-state index is 13.1. The largest absolute Gasteiger partial charge is 0.419 e. The van der Waals surface area contributed by atoms with Crippen molar-refractivity contribution in [2.24, 2.45) is 5.92 Å². The molecule has 1 aromatic heterocycles. The number of piperidine rings is 1. The number of alkyl halides is 3. The minimum atomic E-state index is -4.39. The summed E-state index contributed by atoms with van der Waals surface area (Å²) in [4.78, 5) is 5.75. The van der Waals surface area contributed by atoms with Crippen molar-refractivity contribution in [1.82, 2.24) is 10.3 Å². The first-order chi connectivity index (χ1) is 9.41. The van der Waals surface area contributed by atoms with E-state index in [-0.39, 0.29) is 5.82 Å². The van der Waals surface area contributed by atoms with Crippen molar-refractivity contribution >= 4 is 21.7 Å². The number of halogens is 4. The fourth-order valence-electron chi connectivity index (χ4n) is 2.61. The summed E-state index contributed by atoms with van der Waals surface area (Å²) in [7, 11) is 1.86. The third-order valence-corrected chi connectivity index (χ3v) is 3.88. The van der Waals surface area contributed by atoms with E-state index in [1.807, 2.05) is 7.05 Å². The van der Waals surface area contributed by atoms with Gasteiger partial charge in [0.05, 0.1) is 5.56 Å². The third kappa shape index (κ3) is 3.63. The first-order valence-electron chi connectivity index (χ1n) is 6.54. The first kappa shape index (κ1) is 15.6. The zero-order valence-electron chi connectivity index (χ0n) is 11.2. The summed E-state index contributed by atoms with van der Waals surface area (Å²) in [6.45, 7) is 2.05. The van der Waals surface area contributed by atoms with E-state index in [1.54, 1.807) is 4.90 Å². The van der Waals surface area contributed by atoms with Crippen LogP contribution in [0.1, 0.15) is 18.4 Å². The summed E-state index contributed by atoms with van der Waals surface area (Å²) in [5.74, 6) is 0.404. The van der Waals surface area contributed by atoms with Crippen molar-refractivity contribution in [3.63, 3.8) is 0 Å². The SMILES string of the molecule is CNCC1CCCN(c2ncc(Br)cc2C(F)(F)F)C1. The molecule has 1 unspecified atom stereocenters. The minimum Gasteiger partial charge on any atom is -0.356 e. The average molecular weight is 352 g/mol. The van der Waals surface area contributed by atoms with Gasteiger partial charge in [-0.1, -0.05) is 0 Å². The Balaban J connectivity index is 2.27. The molecule has 1 aliphatic rings. The van der Waals surface area contributed by atoms with Crippen molar-refractivity contribution in [2.45, 2.75) is 19.0 Å². The van der Waals surface area contributed by atoms with Crippen molar-refractivity contribution in [2.75, 3.05) is 31.6 Å². The van der Waals surface area contributed by atoms with Gasteiger partial charge in [-0.2, -0.15) is 13.2 Å². The standard InChI is InChI=1S/C13H17BrF3N3/c1-18-6-9-3-2-4-20(8-9)12-11(13(15,16)17)5-10(14)7-19-12/h5,7,9,18H,2-4,6,8H2,1H3. The second-order valence-electron chi connectivity index (χ2n) is 5.03. The summed E-state index contributed by atoms with van der Waals surface area (Å²) in [6.07, 6.45) is -1.04. The Morgan fingerprint density at radius 2 is 2.25 bits per heavy atom. The van der Waals surface area contributed by atoms with Gasteiger partial charge < -0.3 is 10.2 Å². The molecule has 1 atom stereocenters. The molecule has 3 nitrogen and oxygen atoms in total. The zero-order valence-corrected chi connectivity index (χ0v) is 12.8. The van der Waals surface area contributed by atoms with E-state index < -0.39 is 11.7 Å². The van der Waals surface area contributed by atoms with Crippen molar-refractivity contribution in [3.05, 3.63) is 22.3 Å². The van der Waals surface area contributed by atoms with E-state index in [0.717, 1.165) is 25.5 Å². The fourth-order valence-corrected chi connectivity index (χ4v) is 2.94. The fraction of sp³-hybridized carbons (Fsp3) is 0.615. The number of nitrogens with one attached hydrogen (secondary N) is 1. The van der Waals surface area contributed by atoms with Crippen molar-refractivity contribution < 1.29 is 13.2 Å². The van der Waals surface area contributed by atoms with E-state index in [1.165, 1.54) is 6.20 Å². The summed E-state index contributed by atoms with van der Waals surface area (Å²) in [5, 5.41) is 3.09. The predicted octanol–water partition coefficient (Wildman–Crippen LogP) is 3.30. The van der Waals surface area contributed by atoms with Gasteiger partial charge in [0.15, 0.2) is 0 Å². The Morgan fingerprint density at radius 3 is 2.90 bits per heavy atom. The first-order valence-corrected chi connectivity index (χ1v) is 7.33. The highest BCUT2D eigenvalue weighted by Gasteiger charge is 2.37. The number of hydrogen-bond donors (Lipinski definition) is 1. The molecular weight excluding hydrogens is 335 g/mol. The Bertz CT molecular complexity index is 463. The lowest BCUT2D eigenvalue weighted by Gasteiger charge is -2.34. The van der Waals surface area contributed by atoms with Crippen molar-refractivity contribution in [3.8, 4) is 0 Å². The highest BCUT2D eigenvalue weighted by Crippen LogP contribution is 2.37. The summed E-state index contributed by atoms with van der Waals surface area (Å²) < 4.78 is 39.7. The molecule has 7 heteroatoms. The molecule has 2 heterocycles. The van der Waals surface area contributed by atoms with E-state index in [4.69, 9.17) is 0 Å². The third-order valence-electron chi connectivity index (χ3n) is 3.45. The van der Waals surface area contributed by atoms with Gasteiger partial charge in [0.25, 0.3) is 0 Å². The van der Waals surface area contributed by atoms with Crippen LogP contribution in [0, 0.1) is 5.92 Å². The maximum atomic E-state index is 13.1. The normalized spacial score (nSPS) is 20.2. The predicted molar refractivity (Wildman–Crippen MR) is 75.8 cm³/mol. The molecule has 0 bridgehead atoms. The molecule has 1 fully saturated rings. The second kappa shape index (κ2) is 6.30. The second-order valence-corrected chi connectivity index (χ2v) is 5.95. The average Bonchev–Trinajstić information content (AvgIpc) is 2.38. The molecule has 2 rings (SSSR count). The molecule has 0 spiro atoms. The number of hydrogen-bond acceptors (Lipinski definition) is 3. The summed E-state index contributed by atoms with van der Waals surface area (Å²) in [6, 6.07) is 1.10. The Morgan fingerprint density at radius 1 is 1.50 bits per heavy atom. The Labute approximate surface area is 124 Å². The highest BCUT2D eigenvalue weighted by atomic mass is 79.9. The summed E-state index contributed by atoms with van der Waals surface area (Å²) >= 11 is 3.06. The van der Waals surface area contributed by atoms with Crippen LogP contribution in [0.2, 0.25) is 0 Å².